The molecule has 0 radical (unpaired) electrons. The fraction of sp³-hybridized carbons (Fsp3) is 0.600. The van der Waals surface area contributed by atoms with Gasteiger partial charge in [0, 0.05) is 6.54 Å². The van der Waals surface area contributed by atoms with Gasteiger partial charge < -0.3 is 14.7 Å². The van der Waals surface area contributed by atoms with Gasteiger partial charge in [-0.3, -0.25) is 0 Å². The van der Waals surface area contributed by atoms with Crippen molar-refractivity contribution in [1.29, 1.82) is 0 Å². The second-order valence-electron chi connectivity index (χ2n) is 5.12. The molecule has 0 bridgehead atoms. The highest BCUT2D eigenvalue weighted by Gasteiger charge is 2.11. The average Bonchev–Trinajstić information content (AvgIpc) is 2.89. The van der Waals surface area contributed by atoms with Gasteiger partial charge in [0.2, 0.25) is 0 Å². The molecule has 0 unspecified atom stereocenters. The summed E-state index contributed by atoms with van der Waals surface area (Å²) in [6.45, 7) is 5.96. The topological polar surface area (TPSA) is 32.7 Å². The maximum atomic E-state index is 9.47. The Morgan fingerprint density at radius 3 is 2.74 bits per heavy atom. The van der Waals surface area contributed by atoms with E-state index in [1.165, 1.54) is 25.9 Å². The Balaban J connectivity index is 1.76. The lowest BCUT2D eigenvalue weighted by atomic mass is 10.1. The quantitative estimate of drug-likeness (QED) is 0.814. The van der Waals surface area contributed by atoms with Crippen molar-refractivity contribution in [2.24, 2.45) is 0 Å². The Hall–Kier alpha value is -0.770. The number of ether oxygens (including phenoxy) is 1. The summed E-state index contributed by atoms with van der Waals surface area (Å²) in [5, 5.41) is 10.0. The number of aliphatic hydroxyl groups excluding tert-OH is 1. The number of hydrogen-bond acceptors (Lipinski definition) is 3. The minimum absolute atomic E-state index is 0.498. The van der Waals surface area contributed by atoms with Crippen LogP contribution in [-0.2, 0) is 0 Å². The molecule has 0 spiro atoms. The van der Waals surface area contributed by atoms with Crippen molar-refractivity contribution < 1.29 is 9.84 Å². The second-order valence-corrected chi connectivity index (χ2v) is 5.52. The number of nitrogens with zero attached hydrogens (tertiary/aromatic N) is 1. The normalized spacial score (nSPS) is 17.6. The zero-order valence-electron chi connectivity index (χ0n) is 11.4. The molecular formula is C15H22ClNO2. The Morgan fingerprint density at radius 1 is 1.37 bits per heavy atom. The van der Waals surface area contributed by atoms with Crippen molar-refractivity contribution in [2.45, 2.75) is 32.3 Å². The van der Waals surface area contributed by atoms with Crippen molar-refractivity contribution >= 4 is 11.6 Å². The third kappa shape index (κ3) is 4.37. The number of hydrogen-bond donors (Lipinski definition) is 1. The van der Waals surface area contributed by atoms with E-state index in [0.29, 0.717) is 17.4 Å². The highest BCUT2D eigenvalue weighted by molar-refractivity contribution is 6.32. The molecule has 2 rings (SSSR count). The third-order valence-corrected chi connectivity index (χ3v) is 3.81. The lowest BCUT2D eigenvalue weighted by Gasteiger charge is -2.15. The van der Waals surface area contributed by atoms with Crippen LogP contribution in [0.4, 0.5) is 0 Å². The molecule has 0 amide bonds. The van der Waals surface area contributed by atoms with Gasteiger partial charge in [0.1, 0.15) is 5.75 Å². The van der Waals surface area contributed by atoms with Crippen molar-refractivity contribution in [1.82, 2.24) is 4.90 Å². The van der Waals surface area contributed by atoms with Crippen molar-refractivity contribution in [3.63, 3.8) is 0 Å². The lowest BCUT2D eigenvalue weighted by Crippen LogP contribution is -2.21. The first-order valence-electron chi connectivity index (χ1n) is 6.99. The molecule has 1 saturated heterocycles. The van der Waals surface area contributed by atoms with Gasteiger partial charge in [-0.25, -0.2) is 0 Å². The summed E-state index contributed by atoms with van der Waals surface area (Å²) in [4.78, 5) is 2.47. The van der Waals surface area contributed by atoms with Crippen LogP contribution < -0.4 is 4.74 Å². The van der Waals surface area contributed by atoms with Gasteiger partial charge >= 0.3 is 0 Å². The van der Waals surface area contributed by atoms with E-state index in [-0.39, 0.29) is 0 Å². The van der Waals surface area contributed by atoms with E-state index >= 15 is 0 Å². The van der Waals surface area contributed by atoms with Gasteiger partial charge in [0.05, 0.1) is 17.7 Å². The van der Waals surface area contributed by atoms with E-state index in [2.05, 4.69) is 4.90 Å². The number of aliphatic hydroxyl groups is 1. The Kier molecular flexibility index (Phi) is 5.49. The van der Waals surface area contributed by atoms with Crippen LogP contribution in [0.25, 0.3) is 0 Å². The van der Waals surface area contributed by atoms with Gasteiger partial charge in [-0.1, -0.05) is 17.7 Å². The van der Waals surface area contributed by atoms with Crippen LogP contribution in [0, 0.1) is 0 Å². The third-order valence-electron chi connectivity index (χ3n) is 3.51. The summed E-state index contributed by atoms with van der Waals surface area (Å²) in [7, 11) is 0. The first kappa shape index (κ1) is 14.6. The molecule has 1 heterocycles. The van der Waals surface area contributed by atoms with E-state index in [0.717, 1.165) is 18.5 Å². The van der Waals surface area contributed by atoms with E-state index in [1.807, 2.05) is 12.1 Å². The molecule has 1 aromatic rings. The SMILES string of the molecule is C[C@@H](O)c1ccc(OCCCN2CCCC2)c(Cl)c1. The van der Waals surface area contributed by atoms with Crippen LogP contribution >= 0.6 is 11.6 Å². The predicted octanol–water partition coefficient (Wildman–Crippen LogP) is 3.26. The maximum Gasteiger partial charge on any atom is 0.137 e. The first-order valence-corrected chi connectivity index (χ1v) is 7.37. The molecule has 19 heavy (non-hydrogen) atoms. The molecule has 4 heteroatoms. The molecule has 106 valence electrons. The standard InChI is InChI=1S/C15H22ClNO2/c1-12(18)13-5-6-15(14(16)11-13)19-10-4-9-17-7-2-3-8-17/h5-6,11-12,18H,2-4,7-10H2,1H3/t12-/m1/s1. The zero-order valence-corrected chi connectivity index (χ0v) is 12.2. The van der Waals surface area contributed by atoms with Crippen LogP contribution in [0.1, 0.15) is 37.9 Å². The molecule has 1 aliphatic heterocycles. The van der Waals surface area contributed by atoms with Gasteiger partial charge in [-0.2, -0.15) is 0 Å². The molecule has 3 nitrogen and oxygen atoms in total. The molecule has 1 aromatic carbocycles. The Bertz CT molecular complexity index is 403. The molecular weight excluding hydrogens is 262 g/mol. The first-order chi connectivity index (χ1) is 9.16. The van der Waals surface area contributed by atoms with Crippen molar-refractivity contribution in [3.05, 3.63) is 28.8 Å². The van der Waals surface area contributed by atoms with Gasteiger partial charge in [-0.05, 0) is 57.0 Å². The summed E-state index contributed by atoms with van der Waals surface area (Å²) in [5.74, 6) is 0.701. The van der Waals surface area contributed by atoms with Crippen molar-refractivity contribution in [2.75, 3.05) is 26.2 Å². The summed E-state index contributed by atoms with van der Waals surface area (Å²) in [6.07, 6.45) is 3.18. The van der Waals surface area contributed by atoms with Crippen LogP contribution in [-0.4, -0.2) is 36.2 Å². The van der Waals surface area contributed by atoms with E-state index in [1.54, 1.807) is 13.0 Å². The smallest absolute Gasteiger partial charge is 0.137 e. The number of rotatable bonds is 6. The van der Waals surface area contributed by atoms with E-state index < -0.39 is 6.10 Å². The number of halogens is 1. The number of benzene rings is 1. The summed E-state index contributed by atoms with van der Waals surface area (Å²) in [5.41, 5.74) is 0.814. The minimum atomic E-state index is -0.498. The number of likely N-dealkylation sites (tertiary alicyclic amines) is 1. The minimum Gasteiger partial charge on any atom is -0.492 e. The average molecular weight is 284 g/mol. The van der Waals surface area contributed by atoms with Crippen LogP contribution in [0.2, 0.25) is 5.02 Å². The fourth-order valence-corrected chi connectivity index (χ4v) is 2.61. The predicted molar refractivity (Wildman–Crippen MR) is 77.9 cm³/mol. The molecule has 0 saturated carbocycles. The molecule has 0 aliphatic carbocycles. The maximum absolute atomic E-state index is 9.47. The van der Waals surface area contributed by atoms with Crippen LogP contribution in [0.15, 0.2) is 18.2 Å². The second kappa shape index (κ2) is 7.13. The highest BCUT2D eigenvalue weighted by Crippen LogP contribution is 2.27. The van der Waals surface area contributed by atoms with Gasteiger partial charge in [0.15, 0.2) is 0 Å². The fourth-order valence-electron chi connectivity index (χ4n) is 2.37. The lowest BCUT2D eigenvalue weighted by molar-refractivity contribution is 0.199. The van der Waals surface area contributed by atoms with Crippen molar-refractivity contribution in [3.8, 4) is 5.75 Å². The van der Waals surface area contributed by atoms with E-state index in [9.17, 15) is 5.11 Å². The molecule has 1 aliphatic rings. The molecule has 1 fully saturated rings. The Labute approximate surface area is 120 Å². The van der Waals surface area contributed by atoms with Gasteiger partial charge in [0.25, 0.3) is 0 Å². The highest BCUT2D eigenvalue weighted by atomic mass is 35.5. The zero-order chi connectivity index (χ0) is 13.7. The summed E-state index contributed by atoms with van der Waals surface area (Å²) < 4.78 is 5.69. The van der Waals surface area contributed by atoms with E-state index in [4.69, 9.17) is 16.3 Å². The largest absolute Gasteiger partial charge is 0.492 e. The summed E-state index contributed by atoms with van der Waals surface area (Å²) >= 11 is 6.13. The molecule has 1 atom stereocenters. The summed E-state index contributed by atoms with van der Waals surface area (Å²) in [6, 6.07) is 5.45. The van der Waals surface area contributed by atoms with Gasteiger partial charge in [-0.15, -0.1) is 0 Å². The monoisotopic (exact) mass is 283 g/mol. The Morgan fingerprint density at radius 2 is 2.11 bits per heavy atom. The van der Waals surface area contributed by atoms with Crippen LogP contribution in [0.5, 0.6) is 5.75 Å². The van der Waals surface area contributed by atoms with Crippen LogP contribution in [0.3, 0.4) is 0 Å². The molecule has 1 N–H and O–H groups in total. The molecule has 0 aromatic heterocycles.